The average Bonchev–Trinajstić information content (AvgIpc) is 2.74. The van der Waals surface area contributed by atoms with Gasteiger partial charge in [-0.05, 0) is 53.6 Å². The molecule has 162 valence electrons. The van der Waals surface area contributed by atoms with E-state index in [0.717, 1.165) is 11.1 Å². The first-order chi connectivity index (χ1) is 14.8. The summed E-state index contributed by atoms with van der Waals surface area (Å²) in [5, 5.41) is 13.8. The van der Waals surface area contributed by atoms with E-state index in [0.29, 0.717) is 38.8 Å². The average molecular weight is 501 g/mol. The number of carbonyl (C=O) groups is 1. The first kappa shape index (κ1) is 23.4. The third kappa shape index (κ3) is 5.89. The molecule has 5 nitrogen and oxygen atoms in total. The fourth-order valence-corrected chi connectivity index (χ4v) is 3.61. The zero-order valence-corrected chi connectivity index (χ0v) is 19.2. The van der Waals surface area contributed by atoms with E-state index in [4.69, 9.17) is 55.9 Å². The Hall–Kier alpha value is -2.31. The van der Waals surface area contributed by atoms with E-state index in [2.05, 4.69) is 5.32 Å². The molecule has 3 aromatic carbocycles. The molecule has 0 aliphatic carbocycles. The number of benzene rings is 3. The lowest BCUT2D eigenvalue weighted by atomic mass is 10.1. The van der Waals surface area contributed by atoms with Crippen LogP contribution in [-0.2, 0) is 13.2 Å². The van der Waals surface area contributed by atoms with Crippen LogP contribution in [0.15, 0.2) is 48.5 Å². The normalized spacial score (nSPS) is 10.6. The van der Waals surface area contributed by atoms with Crippen LogP contribution in [0.2, 0.25) is 20.1 Å². The van der Waals surface area contributed by atoms with Crippen molar-refractivity contribution in [1.82, 2.24) is 0 Å². The lowest BCUT2D eigenvalue weighted by Crippen LogP contribution is -2.04. The highest BCUT2D eigenvalue weighted by atomic mass is 35.5. The number of aromatic carboxylic acids is 1. The quantitative estimate of drug-likeness (QED) is 0.342. The summed E-state index contributed by atoms with van der Waals surface area (Å²) < 4.78 is 11.3. The van der Waals surface area contributed by atoms with Crippen molar-refractivity contribution in [2.45, 2.75) is 13.2 Å². The molecular formula is C22H17Cl4NO4. The van der Waals surface area contributed by atoms with E-state index >= 15 is 0 Å². The van der Waals surface area contributed by atoms with Gasteiger partial charge in [-0.2, -0.15) is 0 Å². The van der Waals surface area contributed by atoms with E-state index < -0.39 is 5.97 Å². The van der Waals surface area contributed by atoms with Crippen LogP contribution in [0.1, 0.15) is 21.5 Å². The third-order valence-corrected chi connectivity index (χ3v) is 5.70. The van der Waals surface area contributed by atoms with Gasteiger partial charge in [0.05, 0.1) is 32.8 Å². The zero-order valence-electron chi connectivity index (χ0n) is 16.2. The van der Waals surface area contributed by atoms with Gasteiger partial charge in [-0.15, -0.1) is 0 Å². The van der Waals surface area contributed by atoms with E-state index in [1.54, 1.807) is 30.3 Å². The van der Waals surface area contributed by atoms with Crippen molar-refractivity contribution >= 4 is 58.1 Å². The maximum absolute atomic E-state index is 11.2. The lowest BCUT2D eigenvalue weighted by Gasteiger charge is -2.15. The number of nitrogens with one attached hydrogen (secondary N) is 1. The summed E-state index contributed by atoms with van der Waals surface area (Å²) >= 11 is 24.3. The van der Waals surface area contributed by atoms with Gasteiger partial charge in [0.2, 0.25) is 0 Å². The molecule has 0 spiro atoms. The minimum atomic E-state index is -1.10. The second kappa shape index (κ2) is 10.3. The van der Waals surface area contributed by atoms with Gasteiger partial charge in [0.15, 0.2) is 11.5 Å². The number of ether oxygens (including phenoxy) is 2. The Morgan fingerprint density at radius 3 is 2.29 bits per heavy atom. The molecule has 0 saturated heterocycles. The van der Waals surface area contributed by atoms with Crippen molar-refractivity contribution in [1.29, 1.82) is 0 Å². The fraction of sp³-hybridized carbons (Fsp3) is 0.136. The number of carboxylic acids is 1. The molecule has 0 fully saturated rings. The Kier molecular flexibility index (Phi) is 7.79. The summed E-state index contributed by atoms with van der Waals surface area (Å²) in [6, 6.07) is 13.5. The van der Waals surface area contributed by atoms with Crippen LogP contribution in [0, 0.1) is 0 Å². The van der Waals surface area contributed by atoms with Crippen LogP contribution in [0.4, 0.5) is 5.69 Å². The second-order valence-corrected chi connectivity index (χ2v) is 8.13. The van der Waals surface area contributed by atoms with Crippen molar-refractivity contribution in [3.05, 3.63) is 85.3 Å². The Morgan fingerprint density at radius 1 is 0.903 bits per heavy atom. The van der Waals surface area contributed by atoms with Crippen molar-refractivity contribution < 1.29 is 19.4 Å². The first-order valence-corrected chi connectivity index (χ1v) is 10.5. The summed E-state index contributed by atoms with van der Waals surface area (Å²) in [6.07, 6.45) is 0. The van der Waals surface area contributed by atoms with E-state index in [1.807, 2.05) is 6.07 Å². The molecule has 0 aliphatic heterocycles. The molecule has 0 radical (unpaired) electrons. The number of hydrogen-bond acceptors (Lipinski definition) is 4. The number of carboxylic acid groups (broad SMARTS) is 1. The summed E-state index contributed by atoms with van der Waals surface area (Å²) in [7, 11) is 1.52. The van der Waals surface area contributed by atoms with Gasteiger partial charge in [-0.1, -0.05) is 52.5 Å². The maximum Gasteiger partial charge on any atom is 0.337 e. The van der Waals surface area contributed by atoms with E-state index in [-0.39, 0.29) is 17.2 Å². The highest BCUT2D eigenvalue weighted by molar-refractivity contribution is 6.42. The monoisotopic (exact) mass is 499 g/mol. The summed E-state index contributed by atoms with van der Waals surface area (Å²) in [5.41, 5.74) is 2.27. The molecule has 0 unspecified atom stereocenters. The highest BCUT2D eigenvalue weighted by Crippen LogP contribution is 2.37. The molecule has 0 bridgehead atoms. The van der Waals surface area contributed by atoms with Gasteiger partial charge >= 0.3 is 5.97 Å². The Balaban J connectivity index is 1.73. The molecule has 31 heavy (non-hydrogen) atoms. The zero-order chi connectivity index (χ0) is 22.5. The number of halogens is 4. The second-order valence-electron chi connectivity index (χ2n) is 6.50. The van der Waals surface area contributed by atoms with Crippen LogP contribution < -0.4 is 14.8 Å². The van der Waals surface area contributed by atoms with Crippen molar-refractivity contribution in [3.63, 3.8) is 0 Å². The number of methoxy groups -OCH3 is 1. The van der Waals surface area contributed by atoms with Gasteiger partial charge in [-0.3, -0.25) is 0 Å². The fourth-order valence-electron chi connectivity index (χ4n) is 2.80. The van der Waals surface area contributed by atoms with E-state index in [1.165, 1.54) is 19.2 Å². The summed E-state index contributed by atoms with van der Waals surface area (Å²) in [5.74, 6) is -0.229. The standard InChI is InChI=1S/C22H17Cl4NO4/c1-30-20-8-13(10-27-14-3-5-16(23)15(9-14)22(28)29)7-19(26)21(20)31-11-12-2-4-17(24)18(25)6-12/h2-9,27H,10-11H2,1H3,(H,28,29). The topological polar surface area (TPSA) is 67.8 Å². The molecule has 0 amide bonds. The van der Waals surface area contributed by atoms with Gasteiger partial charge in [-0.25, -0.2) is 4.79 Å². The molecular weight excluding hydrogens is 484 g/mol. The van der Waals surface area contributed by atoms with E-state index in [9.17, 15) is 9.90 Å². The minimum absolute atomic E-state index is 0.0216. The molecule has 3 aromatic rings. The third-order valence-electron chi connectivity index (χ3n) is 4.35. The lowest BCUT2D eigenvalue weighted by molar-refractivity contribution is 0.0697. The van der Waals surface area contributed by atoms with Crippen LogP contribution in [0.3, 0.4) is 0 Å². The first-order valence-electron chi connectivity index (χ1n) is 8.98. The van der Waals surface area contributed by atoms with Crippen LogP contribution >= 0.6 is 46.4 Å². The molecule has 3 rings (SSSR count). The van der Waals surface area contributed by atoms with Gasteiger partial charge in [0, 0.05) is 12.2 Å². The Labute approximate surface area is 199 Å². The molecule has 0 atom stereocenters. The predicted octanol–water partition coefficient (Wildman–Crippen LogP) is 7.20. The smallest absolute Gasteiger partial charge is 0.337 e. The molecule has 0 aliphatic rings. The van der Waals surface area contributed by atoms with Crippen LogP contribution in [-0.4, -0.2) is 18.2 Å². The number of hydrogen-bond donors (Lipinski definition) is 2. The summed E-state index contributed by atoms with van der Waals surface area (Å²) in [6.45, 7) is 0.608. The van der Waals surface area contributed by atoms with Gasteiger partial charge in [0.25, 0.3) is 0 Å². The molecule has 0 saturated carbocycles. The molecule has 0 aromatic heterocycles. The predicted molar refractivity (Wildman–Crippen MR) is 125 cm³/mol. The highest BCUT2D eigenvalue weighted by Gasteiger charge is 2.14. The van der Waals surface area contributed by atoms with Crippen molar-refractivity contribution in [3.8, 4) is 11.5 Å². The number of anilines is 1. The van der Waals surface area contributed by atoms with Crippen LogP contribution in [0.5, 0.6) is 11.5 Å². The Bertz CT molecular complexity index is 1120. The maximum atomic E-state index is 11.2. The number of rotatable bonds is 8. The SMILES string of the molecule is COc1cc(CNc2ccc(Cl)c(C(=O)O)c2)cc(Cl)c1OCc1ccc(Cl)c(Cl)c1. The summed E-state index contributed by atoms with van der Waals surface area (Å²) in [4.78, 5) is 11.2. The van der Waals surface area contributed by atoms with Crippen molar-refractivity contribution in [2.75, 3.05) is 12.4 Å². The molecule has 2 N–H and O–H groups in total. The van der Waals surface area contributed by atoms with Gasteiger partial charge in [0.1, 0.15) is 6.61 Å². The van der Waals surface area contributed by atoms with Gasteiger partial charge < -0.3 is 19.9 Å². The van der Waals surface area contributed by atoms with Crippen molar-refractivity contribution in [2.24, 2.45) is 0 Å². The molecule has 9 heteroatoms. The Morgan fingerprint density at radius 2 is 1.61 bits per heavy atom. The minimum Gasteiger partial charge on any atom is -0.493 e. The largest absolute Gasteiger partial charge is 0.493 e. The van der Waals surface area contributed by atoms with Crippen LogP contribution in [0.25, 0.3) is 0 Å². The molecule has 0 heterocycles.